The van der Waals surface area contributed by atoms with Crippen LogP contribution in [-0.4, -0.2) is 100.0 Å². The van der Waals surface area contributed by atoms with Crippen LogP contribution in [0.1, 0.15) is 104 Å². The van der Waals surface area contributed by atoms with Crippen LogP contribution in [-0.2, 0) is 28.6 Å². The van der Waals surface area contributed by atoms with E-state index in [1.807, 2.05) is 6.92 Å². The third kappa shape index (κ3) is 10.6. The van der Waals surface area contributed by atoms with Crippen LogP contribution in [0.5, 0.6) is 0 Å². The monoisotopic (exact) mass is 599 g/mol. The normalized spacial score (nSPS) is 28.3. The molecule has 11 heteroatoms. The largest absolute Gasteiger partial charge is 0.511 e. The van der Waals surface area contributed by atoms with Crippen molar-refractivity contribution in [3.8, 4) is 0 Å². The number of Topliss-reactive ketones (excluding diaryl/α,β-unsaturated/α-hetero) is 1. The number of esters is 1. The van der Waals surface area contributed by atoms with Gasteiger partial charge in [-0.3, -0.25) is 14.4 Å². The van der Waals surface area contributed by atoms with Gasteiger partial charge in [0, 0.05) is 26.5 Å². The fourth-order valence-corrected chi connectivity index (χ4v) is 5.50. The Kier molecular flexibility index (Phi) is 16.0. The molecule has 2 aliphatic rings. The van der Waals surface area contributed by atoms with Gasteiger partial charge in [0.25, 0.3) is 5.91 Å². The highest BCUT2D eigenvalue weighted by Crippen LogP contribution is 2.27. The van der Waals surface area contributed by atoms with Gasteiger partial charge in [-0.25, -0.2) is 0 Å². The van der Waals surface area contributed by atoms with E-state index in [9.17, 15) is 34.8 Å². The molecule has 11 nitrogen and oxygen atoms in total. The number of carbonyl (C=O) groups excluding carboxylic acids is 3. The molecule has 7 atom stereocenters. The van der Waals surface area contributed by atoms with Crippen molar-refractivity contribution < 1.29 is 49.0 Å². The molecule has 0 spiro atoms. The lowest BCUT2D eigenvalue weighted by Gasteiger charge is -2.41. The van der Waals surface area contributed by atoms with Gasteiger partial charge < -0.3 is 39.5 Å². The van der Waals surface area contributed by atoms with Crippen molar-refractivity contribution >= 4 is 17.7 Å². The Morgan fingerprint density at radius 1 is 0.929 bits per heavy atom. The zero-order chi connectivity index (χ0) is 31.2. The lowest BCUT2D eigenvalue weighted by Crippen LogP contribution is -2.60. The molecule has 4 N–H and O–H groups in total. The van der Waals surface area contributed by atoms with Gasteiger partial charge in [-0.2, -0.15) is 0 Å². The van der Waals surface area contributed by atoms with Crippen LogP contribution in [0.3, 0.4) is 0 Å². The van der Waals surface area contributed by atoms with Crippen LogP contribution in [0.15, 0.2) is 11.3 Å². The fraction of sp³-hybridized carbons (Fsp3) is 0.839. The summed E-state index contributed by atoms with van der Waals surface area (Å²) in [6, 6.07) is -0.511. The first-order valence-electron chi connectivity index (χ1n) is 15.7. The lowest BCUT2D eigenvalue weighted by molar-refractivity contribution is -0.303. The van der Waals surface area contributed by atoms with Crippen molar-refractivity contribution in [2.45, 2.75) is 141 Å². The molecule has 2 saturated heterocycles. The number of likely N-dealkylation sites (tertiary alicyclic amines) is 1. The summed E-state index contributed by atoms with van der Waals surface area (Å²) >= 11 is 0. The summed E-state index contributed by atoms with van der Waals surface area (Å²) in [4.78, 5) is 37.2. The number of rotatable bonds is 19. The van der Waals surface area contributed by atoms with Crippen LogP contribution >= 0.6 is 0 Å². The van der Waals surface area contributed by atoms with Crippen molar-refractivity contribution in [3.63, 3.8) is 0 Å². The number of hydrogen-bond donors (Lipinski definition) is 4. The summed E-state index contributed by atoms with van der Waals surface area (Å²) in [7, 11) is 1.59. The summed E-state index contributed by atoms with van der Waals surface area (Å²) in [6.45, 7) is 4.60. The van der Waals surface area contributed by atoms with Crippen molar-refractivity contribution in [3.05, 3.63) is 11.3 Å². The summed E-state index contributed by atoms with van der Waals surface area (Å²) < 4.78 is 16.1. The maximum Gasteiger partial charge on any atom is 0.303 e. The van der Waals surface area contributed by atoms with E-state index in [0.717, 1.165) is 51.4 Å². The minimum absolute atomic E-state index is 0.0335. The number of allylic oxidation sites excluding steroid dienone is 1. The van der Waals surface area contributed by atoms with E-state index >= 15 is 0 Å². The molecule has 42 heavy (non-hydrogen) atoms. The third-order valence-corrected chi connectivity index (χ3v) is 8.40. The molecule has 0 aromatic heterocycles. The average molecular weight is 600 g/mol. The van der Waals surface area contributed by atoms with E-state index in [0.29, 0.717) is 6.61 Å². The molecular weight excluding hydrogens is 546 g/mol. The number of unbranched alkanes of at least 4 members (excludes halogenated alkanes) is 11. The Morgan fingerprint density at radius 3 is 1.93 bits per heavy atom. The van der Waals surface area contributed by atoms with E-state index < -0.39 is 49.3 Å². The Labute approximate surface area is 250 Å². The third-order valence-electron chi connectivity index (χ3n) is 8.40. The number of likely N-dealkylation sites (N-methyl/N-ethyl adjacent to an activating group) is 1. The average Bonchev–Trinajstić information content (AvgIpc) is 3.15. The highest BCUT2D eigenvalue weighted by molar-refractivity contribution is 6.26. The first-order chi connectivity index (χ1) is 20.0. The first-order valence-corrected chi connectivity index (χ1v) is 15.7. The van der Waals surface area contributed by atoms with Crippen LogP contribution in [0.2, 0.25) is 0 Å². The topological polar surface area (TPSA) is 163 Å². The number of nitrogens with zero attached hydrogens (tertiary/aromatic N) is 1. The van der Waals surface area contributed by atoms with Gasteiger partial charge >= 0.3 is 5.97 Å². The van der Waals surface area contributed by atoms with Gasteiger partial charge in [0.1, 0.15) is 29.6 Å². The minimum Gasteiger partial charge on any atom is -0.511 e. The molecule has 2 fully saturated rings. The Bertz CT molecular complexity index is 871. The van der Waals surface area contributed by atoms with Gasteiger partial charge in [0.15, 0.2) is 18.2 Å². The number of ether oxygens (including phenoxy) is 3. The second-order valence-electron chi connectivity index (χ2n) is 11.8. The van der Waals surface area contributed by atoms with Crippen molar-refractivity contribution in [2.24, 2.45) is 5.92 Å². The number of amides is 1. The first kappa shape index (κ1) is 36.1. The quantitative estimate of drug-likeness (QED) is 0.0569. The number of aliphatic hydroxyl groups is 4. The lowest BCUT2D eigenvalue weighted by atomic mass is 9.95. The van der Waals surface area contributed by atoms with Gasteiger partial charge in [0.2, 0.25) is 0 Å². The van der Waals surface area contributed by atoms with Crippen LogP contribution in [0.25, 0.3) is 0 Å². The van der Waals surface area contributed by atoms with E-state index in [1.165, 1.54) is 43.9 Å². The Morgan fingerprint density at radius 2 is 1.45 bits per heavy atom. The molecule has 1 amide bonds. The zero-order valence-corrected chi connectivity index (χ0v) is 25.8. The number of ketones is 1. The molecule has 2 heterocycles. The van der Waals surface area contributed by atoms with Crippen molar-refractivity contribution in [1.29, 1.82) is 0 Å². The smallest absolute Gasteiger partial charge is 0.303 e. The molecule has 0 aromatic rings. The highest BCUT2D eigenvalue weighted by atomic mass is 16.7. The molecule has 0 aromatic carbocycles. The summed E-state index contributed by atoms with van der Waals surface area (Å²) in [6.07, 6.45) is 7.92. The van der Waals surface area contributed by atoms with E-state index in [-0.39, 0.29) is 28.9 Å². The number of aliphatic hydroxyl groups excluding tert-OH is 4. The zero-order valence-electron chi connectivity index (χ0n) is 25.8. The van der Waals surface area contributed by atoms with Gasteiger partial charge in [0.05, 0.1) is 12.6 Å². The molecule has 0 bridgehead atoms. The molecule has 2 rings (SSSR count). The summed E-state index contributed by atoms with van der Waals surface area (Å²) in [5.41, 5.74) is -0.0335. The number of carbonyl (C=O) groups is 3. The Balaban J connectivity index is 1.45. The van der Waals surface area contributed by atoms with Crippen LogP contribution < -0.4 is 0 Å². The van der Waals surface area contributed by atoms with E-state index in [2.05, 4.69) is 0 Å². The predicted octanol–water partition coefficient (Wildman–Crippen LogP) is 3.32. The second-order valence-corrected chi connectivity index (χ2v) is 11.8. The van der Waals surface area contributed by atoms with Gasteiger partial charge in [-0.05, 0) is 19.8 Å². The van der Waals surface area contributed by atoms with Gasteiger partial charge in [-0.1, -0.05) is 77.6 Å². The minimum atomic E-state index is -1.34. The summed E-state index contributed by atoms with van der Waals surface area (Å²) in [5.74, 6) is -1.57. The summed E-state index contributed by atoms with van der Waals surface area (Å²) in [5, 5.41) is 40.4. The maximum atomic E-state index is 12.3. The fourth-order valence-electron chi connectivity index (χ4n) is 5.50. The molecular formula is C31H53NO10. The molecule has 0 saturated carbocycles. The maximum absolute atomic E-state index is 12.3. The van der Waals surface area contributed by atoms with Crippen molar-refractivity contribution in [2.75, 3.05) is 20.3 Å². The van der Waals surface area contributed by atoms with Gasteiger partial charge in [-0.15, -0.1) is 0 Å². The molecule has 0 unspecified atom stereocenters. The second kappa shape index (κ2) is 18.6. The molecule has 242 valence electrons. The molecule has 0 radical (unpaired) electrons. The van der Waals surface area contributed by atoms with E-state index in [4.69, 9.17) is 14.2 Å². The molecule has 0 aliphatic carbocycles. The Hall–Kier alpha value is -2.05. The van der Waals surface area contributed by atoms with Crippen molar-refractivity contribution in [1.82, 2.24) is 4.90 Å². The van der Waals surface area contributed by atoms with Crippen LogP contribution in [0.4, 0.5) is 0 Å². The van der Waals surface area contributed by atoms with E-state index in [1.54, 1.807) is 14.0 Å². The number of hydrogen-bond acceptors (Lipinski definition) is 10. The SMILES string of the molecule is CC(=O)O[C@@H]1[C@H](O)[C@H](OCCCCCCCCCCCCCC[C@@H](C)C(O)=C2C(=O)[C@H](C)N(C)C2=O)O[C@H](CO)[C@H]1O. The van der Waals surface area contributed by atoms with Crippen LogP contribution in [0, 0.1) is 5.92 Å². The highest BCUT2D eigenvalue weighted by Gasteiger charge is 2.47. The molecule has 2 aliphatic heterocycles. The predicted molar refractivity (Wildman–Crippen MR) is 155 cm³/mol. The standard InChI is InChI=1S/C31H53NO10/c1-20(25(35)24-26(36)21(2)32(4)30(24)39)17-15-13-11-9-7-5-6-8-10-12-14-16-18-40-31-28(38)29(41-22(3)34)27(37)23(19-33)42-31/h20-21,23,27-29,31,33,35,37-38H,5-19H2,1-4H3/t20-,21+,23-,27-,28+,29+,31-/m1/s1.